The molecule has 11 rings (SSSR count). The first-order valence-electron chi connectivity index (χ1n) is 21.7. The Bertz CT molecular complexity index is 3320. The summed E-state index contributed by atoms with van der Waals surface area (Å²) in [7, 11) is -1.37. The molecule has 5 nitrogen and oxygen atoms in total. The van der Waals surface area contributed by atoms with E-state index in [9.17, 15) is 0 Å². The molecule has 0 atom stereocenters. The zero-order valence-corrected chi connectivity index (χ0v) is 36.8. The lowest BCUT2D eigenvalue weighted by Crippen LogP contribution is -2.37. The first-order valence-corrected chi connectivity index (χ1v) is 25.2. The second-order valence-electron chi connectivity index (χ2n) is 17.3. The molecule has 306 valence electrons. The van der Waals surface area contributed by atoms with Crippen LogP contribution in [-0.4, -0.2) is 23.0 Å². The lowest BCUT2D eigenvalue weighted by molar-refractivity contribution is 0.631. The van der Waals surface area contributed by atoms with Gasteiger partial charge in [-0.3, -0.25) is 0 Å². The number of hydrogen-bond acceptors (Lipinski definition) is 5. The topological polar surface area (TPSA) is 65.0 Å². The van der Waals surface area contributed by atoms with Crippen molar-refractivity contribution in [1.82, 2.24) is 15.0 Å². The van der Waals surface area contributed by atoms with Gasteiger partial charge >= 0.3 is 0 Å². The number of aromatic nitrogens is 3. The first kappa shape index (κ1) is 39.0. The molecule has 3 heterocycles. The van der Waals surface area contributed by atoms with Crippen LogP contribution in [-0.2, 0) is 0 Å². The van der Waals surface area contributed by atoms with E-state index < -0.39 is 8.07 Å². The molecule has 0 fully saturated rings. The number of rotatable bonds is 9. The first-order chi connectivity index (χ1) is 31.3. The van der Waals surface area contributed by atoms with Crippen LogP contribution in [0.2, 0.25) is 19.6 Å². The molecular formula is C58H43N3O2Si. The number of furan rings is 2. The Kier molecular flexibility index (Phi) is 9.78. The average Bonchev–Trinajstić information content (AvgIpc) is 4.00. The van der Waals surface area contributed by atoms with E-state index in [0.717, 1.165) is 72.4 Å². The molecular weight excluding hydrogens is 799 g/mol. The van der Waals surface area contributed by atoms with E-state index in [-0.39, 0.29) is 0 Å². The lowest BCUT2D eigenvalue weighted by Gasteiger charge is -2.17. The Hall–Kier alpha value is -7.93. The summed E-state index contributed by atoms with van der Waals surface area (Å²) in [5, 5.41) is 3.36. The van der Waals surface area contributed by atoms with Gasteiger partial charge in [-0.2, -0.15) is 0 Å². The van der Waals surface area contributed by atoms with Crippen molar-refractivity contribution in [1.29, 1.82) is 0 Å². The molecule has 0 unspecified atom stereocenters. The molecule has 64 heavy (non-hydrogen) atoms. The number of hydrogen-bond donors (Lipinski definition) is 0. The summed E-state index contributed by atoms with van der Waals surface area (Å²) < 4.78 is 13.0. The van der Waals surface area contributed by atoms with Crippen molar-refractivity contribution in [2.24, 2.45) is 0 Å². The average molecular weight is 842 g/mol. The fraction of sp³-hybridized carbons (Fsp3) is 0.0517. The van der Waals surface area contributed by atoms with Gasteiger partial charge in [0.1, 0.15) is 22.7 Å². The van der Waals surface area contributed by atoms with E-state index in [2.05, 4.69) is 159 Å². The van der Waals surface area contributed by atoms with Crippen molar-refractivity contribution in [3.63, 3.8) is 0 Å². The summed E-state index contributed by atoms with van der Waals surface area (Å²) in [6, 6.07) is 71.8. The fourth-order valence-electron chi connectivity index (χ4n) is 8.46. The van der Waals surface area contributed by atoms with Gasteiger partial charge in [0.25, 0.3) is 0 Å². The fourth-order valence-corrected chi connectivity index (χ4v) is 9.63. The van der Waals surface area contributed by atoms with Crippen LogP contribution in [0.15, 0.2) is 215 Å². The predicted molar refractivity (Wildman–Crippen MR) is 266 cm³/mol. The van der Waals surface area contributed by atoms with Crippen molar-refractivity contribution in [2.45, 2.75) is 19.6 Å². The van der Waals surface area contributed by atoms with Crippen molar-refractivity contribution in [3.8, 4) is 90.2 Å². The van der Waals surface area contributed by atoms with Crippen LogP contribution in [0.3, 0.4) is 0 Å². The smallest absolute Gasteiger partial charge is 0.167 e. The van der Waals surface area contributed by atoms with Gasteiger partial charge in [-0.05, 0) is 69.8 Å². The van der Waals surface area contributed by atoms with Crippen molar-refractivity contribution < 1.29 is 8.83 Å². The monoisotopic (exact) mass is 841 g/mol. The summed E-state index contributed by atoms with van der Waals surface area (Å²) in [5.41, 5.74) is 13.0. The third kappa shape index (κ3) is 7.54. The highest BCUT2D eigenvalue weighted by molar-refractivity contribution is 6.88. The molecule has 0 aliphatic rings. The highest BCUT2D eigenvalue weighted by Crippen LogP contribution is 2.38. The maximum atomic E-state index is 6.59. The van der Waals surface area contributed by atoms with Crippen molar-refractivity contribution in [3.05, 3.63) is 206 Å². The van der Waals surface area contributed by atoms with Crippen LogP contribution in [0.25, 0.3) is 112 Å². The van der Waals surface area contributed by atoms with Crippen LogP contribution >= 0.6 is 0 Å². The third-order valence-corrected chi connectivity index (χ3v) is 14.0. The Balaban J connectivity index is 0.977. The molecule has 0 saturated carbocycles. The molecule has 0 N–H and O–H groups in total. The van der Waals surface area contributed by atoms with E-state index in [1.54, 1.807) is 0 Å². The third-order valence-electron chi connectivity index (χ3n) is 12.0. The van der Waals surface area contributed by atoms with Gasteiger partial charge < -0.3 is 8.83 Å². The largest absolute Gasteiger partial charge is 0.456 e. The van der Waals surface area contributed by atoms with Crippen LogP contribution < -0.4 is 5.19 Å². The minimum atomic E-state index is -1.37. The molecule has 3 aromatic heterocycles. The summed E-state index contributed by atoms with van der Waals surface area (Å²) in [4.78, 5) is 15.5. The van der Waals surface area contributed by atoms with Crippen LogP contribution in [0.1, 0.15) is 0 Å². The van der Waals surface area contributed by atoms with Crippen LogP contribution in [0.5, 0.6) is 0 Å². The quantitative estimate of drug-likeness (QED) is 0.135. The van der Waals surface area contributed by atoms with Crippen molar-refractivity contribution >= 4 is 35.2 Å². The molecule has 0 radical (unpaired) electrons. The molecule has 0 saturated heterocycles. The SMILES string of the molecule is C[Si](C)(C)c1ccc(-c2cccc(-c3cccc(-c4ccc(-c5nc(-c6cccc7oc(-c8ccccc8)cc67)nc(-c6cccc7cc(-c8ccccc8)oc67)n5)cc4)c3)c2)cc1. The molecule has 0 amide bonds. The molecule has 0 aliphatic carbocycles. The Labute approximate surface area is 373 Å². The standard InChI is InChI=1S/C58H43N3O2Si/c1-64(2,3)48-32-30-39(31-33-48)44-19-11-21-46(35-44)45-20-10-18-43(34-45)38-26-28-42(29-27-38)56-59-57(49-23-13-25-52-51(49)37-54(62-52)41-16-8-5-9-17-41)61-58(60-56)50-24-12-22-47-36-53(63-55(47)50)40-14-6-4-7-15-40/h4-37H,1-3H3. The Morgan fingerprint density at radius 3 is 1.42 bits per heavy atom. The zero-order valence-electron chi connectivity index (χ0n) is 35.8. The molecule has 11 aromatic rings. The minimum absolute atomic E-state index is 0.523. The van der Waals surface area contributed by atoms with E-state index >= 15 is 0 Å². The predicted octanol–water partition coefficient (Wildman–Crippen LogP) is 15.2. The number of fused-ring (bicyclic) bond motifs is 2. The number of nitrogens with zero attached hydrogens (tertiary/aromatic N) is 3. The van der Waals surface area contributed by atoms with Gasteiger partial charge in [-0.15, -0.1) is 0 Å². The molecule has 0 bridgehead atoms. The molecule has 6 heteroatoms. The summed E-state index contributed by atoms with van der Waals surface area (Å²) >= 11 is 0. The van der Waals surface area contributed by atoms with Gasteiger partial charge in [0.2, 0.25) is 0 Å². The van der Waals surface area contributed by atoms with Gasteiger partial charge in [-0.1, -0.05) is 195 Å². The van der Waals surface area contributed by atoms with Gasteiger partial charge in [-0.25, -0.2) is 15.0 Å². The Morgan fingerprint density at radius 1 is 0.344 bits per heavy atom. The Morgan fingerprint density at radius 2 is 0.812 bits per heavy atom. The molecule has 0 aliphatic heterocycles. The highest BCUT2D eigenvalue weighted by Gasteiger charge is 2.20. The maximum absolute atomic E-state index is 6.59. The lowest BCUT2D eigenvalue weighted by atomic mass is 9.96. The second kappa shape index (κ2) is 16.1. The van der Waals surface area contributed by atoms with Gasteiger partial charge in [0.15, 0.2) is 17.5 Å². The van der Waals surface area contributed by atoms with Gasteiger partial charge in [0.05, 0.1) is 13.6 Å². The maximum Gasteiger partial charge on any atom is 0.167 e. The second-order valence-corrected chi connectivity index (χ2v) is 22.3. The van der Waals surface area contributed by atoms with Crippen LogP contribution in [0.4, 0.5) is 0 Å². The van der Waals surface area contributed by atoms with E-state index in [1.165, 1.54) is 27.4 Å². The summed E-state index contributed by atoms with van der Waals surface area (Å²) in [6.07, 6.45) is 0. The highest BCUT2D eigenvalue weighted by atomic mass is 28.3. The zero-order chi connectivity index (χ0) is 43.2. The minimum Gasteiger partial charge on any atom is -0.456 e. The van der Waals surface area contributed by atoms with Crippen molar-refractivity contribution in [2.75, 3.05) is 0 Å². The molecule has 0 spiro atoms. The van der Waals surface area contributed by atoms with E-state index in [1.807, 2.05) is 66.7 Å². The van der Waals surface area contributed by atoms with Crippen LogP contribution in [0, 0.1) is 0 Å². The van der Waals surface area contributed by atoms with Gasteiger partial charge in [0, 0.05) is 33.0 Å². The number of benzene rings is 8. The normalized spacial score (nSPS) is 11.7. The van der Waals surface area contributed by atoms with E-state index in [0.29, 0.717) is 17.5 Å². The number of para-hydroxylation sites is 1. The molecule has 8 aromatic carbocycles. The summed E-state index contributed by atoms with van der Waals surface area (Å²) in [6.45, 7) is 7.16. The summed E-state index contributed by atoms with van der Waals surface area (Å²) in [5.74, 6) is 3.20. The van der Waals surface area contributed by atoms with E-state index in [4.69, 9.17) is 23.8 Å².